The van der Waals surface area contributed by atoms with Crippen molar-refractivity contribution in [3.8, 4) is 0 Å². The Hall–Kier alpha value is -2.69. The molecule has 2 heterocycles. The van der Waals surface area contributed by atoms with Crippen molar-refractivity contribution in [2.24, 2.45) is 12.1 Å². The van der Waals surface area contributed by atoms with E-state index in [1.807, 2.05) is 61.9 Å². The van der Waals surface area contributed by atoms with Crippen molar-refractivity contribution in [1.29, 1.82) is 0 Å². The zero-order valence-corrected chi connectivity index (χ0v) is 12.3. The minimum Gasteiger partial charge on any atom is -0.312 e. The first-order chi connectivity index (χ1) is 10.1. The lowest BCUT2D eigenvalue weighted by atomic mass is 10.2. The molecule has 1 N–H and O–H groups in total. The van der Waals surface area contributed by atoms with Crippen LogP contribution in [0.3, 0.4) is 0 Å². The van der Waals surface area contributed by atoms with Crippen molar-refractivity contribution in [1.82, 2.24) is 14.5 Å². The van der Waals surface area contributed by atoms with Crippen LogP contribution in [0.15, 0.2) is 47.7 Å². The van der Waals surface area contributed by atoms with E-state index in [0.717, 1.165) is 28.0 Å². The Labute approximate surface area is 123 Å². The van der Waals surface area contributed by atoms with Crippen molar-refractivity contribution >= 4 is 22.7 Å². The van der Waals surface area contributed by atoms with Gasteiger partial charge in [-0.15, -0.1) is 0 Å². The molecule has 0 aliphatic carbocycles. The number of nitrogens with zero attached hydrogens (tertiary/aromatic N) is 4. The van der Waals surface area contributed by atoms with Crippen LogP contribution in [0.25, 0.3) is 11.0 Å². The quantitative estimate of drug-likeness (QED) is 0.592. The highest BCUT2D eigenvalue weighted by atomic mass is 15.4. The molecule has 0 bridgehead atoms. The van der Waals surface area contributed by atoms with Crippen molar-refractivity contribution in [3.63, 3.8) is 0 Å². The van der Waals surface area contributed by atoms with E-state index in [1.54, 1.807) is 6.20 Å². The number of rotatable bonds is 3. The van der Waals surface area contributed by atoms with Crippen molar-refractivity contribution < 1.29 is 0 Å². The first-order valence-corrected chi connectivity index (χ1v) is 6.80. The number of nitrogens with one attached hydrogen (secondary N) is 1. The molecule has 0 aliphatic heterocycles. The Kier molecular flexibility index (Phi) is 3.39. The van der Waals surface area contributed by atoms with Crippen LogP contribution in [0, 0.1) is 6.92 Å². The summed E-state index contributed by atoms with van der Waals surface area (Å²) in [6.07, 6.45) is 1.79. The van der Waals surface area contributed by atoms with Gasteiger partial charge in [0.1, 0.15) is 0 Å². The lowest BCUT2D eigenvalue weighted by Gasteiger charge is -2.04. The van der Waals surface area contributed by atoms with Gasteiger partial charge in [0.25, 0.3) is 0 Å². The van der Waals surface area contributed by atoms with Crippen molar-refractivity contribution in [2.75, 3.05) is 5.43 Å². The maximum absolute atomic E-state index is 4.52. The fourth-order valence-corrected chi connectivity index (χ4v) is 2.17. The van der Waals surface area contributed by atoms with Crippen LogP contribution in [-0.4, -0.2) is 20.2 Å². The summed E-state index contributed by atoms with van der Waals surface area (Å²) >= 11 is 0. The molecule has 0 fully saturated rings. The molecule has 3 rings (SSSR count). The average Bonchev–Trinajstić information content (AvgIpc) is 2.82. The second-order valence-corrected chi connectivity index (χ2v) is 5.01. The number of hydrogen-bond acceptors (Lipinski definition) is 4. The number of pyridine rings is 1. The highest BCUT2D eigenvalue weighted by Crippen LogP contribution is 2.17. The van der Waals surface area contributed by atoms with E-state index in [0.29, 0.717) is 5.95 Å². The molecular formula is C16H17N5. The van der Waals surface area contributed by atoms with Crippen LogP contribution >= 0.6 is 0 Å². The molecule has 1 aromatic carbocycles. The number of para-hydroxylation sites is 2. The lowest BCUT2D eigenvalue weighted by Crippen LogP contribution is -2.05. The average molecular weight is 279 g/mol. The molecule has 5 nitrogen and oxygen atoms in total. The molecule has 0 radical (unpaired) electrons. The van der Waals surface area contributed by atoms with Crippen LogP contribution in [0.5, 0.6) is 0 Å². The van der Waals surface area contributed by atoms with Gasteiger partial charge in [0.05, 0.1) is 22.4 Å². The Morgan fingerprint density at radius 3 is 2.81 bits per heavy atom. The predicted octanol–water partition coefficient (Wildman–Crippen LogP) is 3.11. The zero-order chi connectivity index (χ0) is 14.8. The second-order valence-electron chi connectivity index (χ2n) is 5.01. The maximum atomic E-state index is 4.52. The minimum atomic E-state index is 0.711. The summed E-state index contributed by atoms with van der Waals surface area (Å²) in [5.41, 5.74) is 7.89. The summed E-state index contributed by atoms with van der Waals surface area (Å²) in [5.74, 6) is 0.711. The molecule has 21 heavy (non-hydrogen) atoms. The topological polar surface area (TPSA) is 55.1 Å². The SMILES string of the molecule is CC(=NNc1nc2ccccc2n1C)c1cc(C)ccn1. The number of imidazole rings is 1. The summed E-state index contributed by atoms with van der Waals surface area (Å²) in [7, 11) is 1.97. The highest BCUT2D eigenvalue weighted by molar-refractivity contribution is 5.97. The van der Waals surface area contributed by atoms with Crippen molar-refractivity contribution in [2.45, 2.75) is 13.8 Å². The van der Waals surface area contributed by atoms with Gasteiger partial charge in [0.2, 0.25) is 5.95 Å². The van der Waals surface area contributed by atoms with E-state index in [-0.39, 0.29) is 0 Å². The van der Waals surface area contributed by atoms with E-state index in [1.165, 1.54) is 0 Å². The smallest absolute Gasteiger partial charge is 0.224 e. The second kappa shape index (κ2) is 5.36. The van der Waals surface area contributed by atoms with Gasteiger partial charge >= 0.3 is 0 Å². The molecule has 106 valence electrons. The summed E-state index contributed by atoms with van der Waals surface area (Å²) in [4.78, 5) is 8.84. The van der Waals surface area contributed by atoms with E-state index in [9.17, 15) is 0 Å². The first-order valence-electron chi connectivity index (χ1n) is 6.80. The summed E-state index contributed by atoms with van der Waals surface area (Å²) < 4.78 is 1.98. The van der Waals surface area contributed by atoms with Gasteiger partial charge in [-0.3, -0.25) is 4.98 Å². The van der Waals surface area contributed by atoms with Gasteiger partial charge < -0.3 is 4.57 Å². The fraction of sp³-hybridized carbons (Fsp3) is 0.188. The number of hydrazone groups is 1. The fourth-order valence-electron chi connectivity index (χ4n) is 2.17. The Morgan fingerprint density at radius 2 is 2.05 bits per heavy atom. The predicted molar refractivity (Wildman–Crippen MR) is 85.5 cm³/mol. The molecule has 0 saturated heterocycles. The van der Waals surface area contributed by atoms with Gasteiger partial charge in [-0.1, -0.05) is 12.1 Å². The van der Waals surface area contributed by atoms with E-state index >= 15 is 0 Å². The Balaban J connectivity index is 1.88. The van der Waals surface area contributed by atoms with Gasteiger partial charge in [-0.05, 0) is 43.7 Å². The number of benzene rings is 1. The number of fused-ring (bicyclic) bond motifs is 1. The largest absolute Gasteiger partial charge is 0.312 e. The lowest BCUT2D eigenvalue weighted by molar-refractivity contribution is 0.942. The molecule has 5 heteroatoms. The molecule has 2 aromatic heterocycles. The van der Waals surface area contributed by atoms with E-state index < -0.39 is 0 Å². The molecule has 0 saturated carbocycles. The van der Waals surface area contributed by atoms with Gasteiger partial charge in [0, 0.05) is 13.2 Å². The first kappa shape index (κ1) is 13.3. The normalized spacial score (nSPS) is 11.9. The number of aromatic nitrogens is 3. The van der Waals surface area contributed by atoms with Gasteiger partial charge in [0.15, 0.2) is 0 Å². The summed E-state index contributed by atoms with van der Waals surface area (Å²) in [5, 5.41) is 4.38. The third-order valence-corrected chi connectivity index (χ3v) is 3.40. The number of anilines is 1. The number of aryl methyl sites for hydroxylation is 2. The van der Waals surface area contributed by atoms with E-state index in [4.69, 9.17) is 0 Å². The molecule has 0 amide bonds. The van der Waals surface area contributed by atoms with Crippen LogP contribution in [0.4, 0.5) is 5.95 Å². The molecule has 0 unspecified atom stereocenters. The standard InChI is InChI=1S/C16H17N5/c1-11-8-9-17-14(10-11)12(2)19-20-16-18-13-6-4-5-7-15(13)21(16)3/h4-10H,1-3H3,(H,18,20). The zero-order valence-electron chi connectivity index (χ0n) is 12.3. The molecule has 3 aromatic rings. The molecular weight excluding hydrogens is 262 g/mol. The van der Waals surface area contributed by atoms with Gasteiger partial charge in [-0.25, -0.2) is 10.4 Å². The Bertz CT molecular complexity index is 816. The molecule has 0 atom stereocenters. The Morgan fingerprint density at radius 1 is 1.24 bits per heavy atom. The van der Waals surface area contributed by atoms with Crippen LogP contribution in [0.2, 0.25) is 0 Å². The third-order valence-electron chi connectivity index (χ3n) is 3.40. The van der Waals surface area contributed by atoms with Gasteiger partial charge in [-0.2, -0.15) is 5.10 Å². The van der Waals surface area contributed by atoms with Crippen molar-refractivity contribution in [3.05, 3.63) is 53.9 Å². The molecule has 0 aliphatic rings. The van der Waals surface area contributed by atoms with Crippen LogP contribution in [0.1, 0.15) is 18.2 Å². The summed E-state index contributed by atoms with van der Waals surface area (Å²) in [6.45, 7) is 3.97. The third kappa shape index (κ3) is 2.63. The number of hydrogen-bond donors (Lipinski definition) is 1. The minimum absolute atomic E-state index is 0.711. The highest BCUT2D eigenvalue weighted by Gasteiger charge is 2.06. The molecule has 0 spiro atoms. The van der Waals surface area contributed by atoms with E-state index in [2.05, 4.69) is 20.5 Å². The van der Waals surface area contributed by atoms with Crippen LogP contribution < -0.4 is 5.43 Å². The van der Waals surface area contributed by atoms with Crippen LogP contribution in [-0.2, 0) is 7.05 Å². The summed E-state index contributed by atoms with van der Waals surface area (Å²) in [6, 6.07) is 12.0. The monoisotopic (exact) mass is 279 g/mol. The maximum Gasteiger partial charge on any atom is 0.224 e.